The number of rotatable bonds is 4. The number of aromatic nitrogens is 1. The van der Waals surface area contributed by atoms with Crippen LogP contribution in [0.2, 0.25) is 0 Å². The van der Waals surface area contributed by atoms with Gasteiger partial charge in [0.05, 0.1) is 11.3 Å². The SMILES string of the molecule is CCCNc1ccncc1C(=O)N1CC(C)CCC1C. The van der Waals surface area contributed by atoms with Crippen LogP contribution in [-0.2, 0) is 0 Å². The highest BCUT2D eigenvalue weighted by Gasteiger charge is 2.28. The molecular formula is C16H25N3O. The second kappa shape index (κ2) is 6.73. The first-order valence-corrected chi connectivity index (χ1v) is 7.62. The van der Waals surface area contributed by atoms with Gasteiger partial charge in [0.15, 0.2) is 0 Å². The van der Waals surface area contributed by atoms with E-state index in [-0.39, 0.29) is 5.91 Å². The zero-order valence-electron chi connectivity index (χ0n) is 12.7. The molecule has 2 rings (SSSR count). The van der Waals surface area contributed by atoms with E-state index in [1.165, 1.54) is 6.42 Å². The molecule has 4 nitrogen and oxygen atoms in total. The Morgan fingerprint density at radius 1 is 1.45 bits per heavy atom. The third-order valence-electron chi connectivity index (χ3n) is 4.00. The van der Waals surface area contributed by atoms with Crippen LogP contribution in [0, 0.1) is 5.92 Å². The number of amides is 1. The Balaban J connectivity index is 2.19. The largest absolute Gasteiger partial charge is 0.384 e. The molecule has 1 aromatic rings. The van der Waals surface area contributed by atoms with E-state index in [4.69, 9.17) is 0 Å². The van der Waals surface area contributed by atoms with Crippen LogP contribution in [0.25, 0.3) is 0 Å². The molecule has 2 atom stereocenters. The number of carbonyl (C=O) groups excluding carboxylic acids is 1. The summed E-state index contributed by atoms with van der Waals surface area (Å²) in [5, 5.41) is 3.32. The monoisotopic (exact) mass is 275 g/mol. The molecule has 110 valence electrons. The van der Waals surface area contributed by atoms with Crippen molar-refractivity contribution in [2.75, 3.05) is 18.4 Å². The quantitative estimate of drug-likeness (QED) is 0.918. The van der Waals surface area contributed by atoms with Crippen molar-refractivity contribution < 1.29 is 4.79 Å². The van der Waals surface area contributed by atoms with E-state index in [1.54, 1.807) is 12.4 Å². The summed E-state index contributed by atoms with van der Waals surface area (Å²) in [6, 6.07) is 2.21. The number of carbonyl (C=O) groups is 1. The number of pyridine rings is 1. The normalized spacial score (nSPS) is 22.6. The maximum atomic E-state index is 12.8. The molecule has 1 aliphatic rings. The van der Waals surface area contributed by atoms with Crippen molar-refractivity contribution >= 4 is 11.6 Å². The fraction of sp³-hybridized carbons (Fsp3) is 0.625. The smallest absolute Gasteiger partial charge is 0.257 e. The molecule has 1 aliphatic heterocycles. The third-order valence-corrected chi connectivity index (χ3v) is 4.00. The van der Waals surface area contributed by atoms with Crippen LogP contribution >= 0.6 is 0 Å². The lowest BCUT2D eigenvalue weighted by molar-refractivity contribution is 0.0574. The van der Waals surface area contributed by atoms with E-state index in [0.717, 1.165) is 31.6 Å². The van der Waals surface area contributed by atoms with Crippen LogP contribution in [0.3, 0.4) is 0 Å². The van der Waals surface area contributed by atoms with Crippen molar-refractivity contribution in [3.8, 4) is 0 Å². The molecule has 1 saturated heterocycles. The number of anilines is 1. The molecule has 0 aliphatic carbocycles. The number of nitrogens with one attached hydrogen (secondary N) is 1. The summed E-state index contributed by atoms with van der Waals surface area (Å²) in [5.74, 6) is 0.689. The molecule has 0 bridgehead atoms. The van der Waals surface area contributed by atoms with Gasteiger partial charge in [-0.3, -0.25) is 9.78 Å². The minimum atomic E-state index is 0.107. The zero-order valence-corrected chi connectivity index (χ0v) is 12.7. The van der Waals surface area contributed by atoms with Gasteiger partial charge in [-0.15, -0.1) is 0 Å². The third kappa shape index (κ3) is 3.30. The second-order valence-electron chi connectivity index (χ2n) is 5.84. The average Bonchev–Trinajstić information content (AvgIpc) is 2.47. The Hall–Kier alpha value is -1.58. The van der Waals surface area contributed by atoms with Gasteiger partial charge in [0.25, 0.3) is 5.91 Å². The summed E-state index contributed by atoms with van der Waals surface area (Å²) >= 11 is 0. The van der Waals surface area contributed by atoms with Gasteiger partial charge >= 0.3 is 0 Å². The lowest BCUT2D eigenvalue weighted by Gasteiger charge is -2.37. The molecule has 1 N–H and O–H groups in total. The first-order valence-electron chi connectivity index (χ1n) is 7.62. The maximum absolute atomic E-state index is 12.8. The van der Waals surface area contributed by atoms with Crippen molar-refractivity contribution in [3.05, 3.63) is 24.0 Å². The molecule has 1 aromatic heterocycles. The van der Waals surface area contributed by atoms with E-state index in [1.807, 2.05) is 11.0 Å². The summed E-state index contributed by atoms with van der Waals surface area (Å²) in [4.78, 5) is 18.9. The molecule has 0 aromatic carbocycles. The molecule has 1 amide bonds. The van der Waals surface area contributed by atoms with Crippen LogP contribution in [0.1, 0.15) is 50.4 Å². The molecule has 2 heterocycles. The summed E-state index contributed by atoms with van der Waals surface area (Å²) in [6.45, 7) is 8.19. The Morgan fingerprint density at radius 2 is 2.25 bits per heavy atom. The Morgan fingerprint density at radius 3 is 3.00 bits per heavy atom. The van der Waals surface area contributed by atoms with Gasteiger partial charge in [-0.1, -0.05) is 13.8 Å². The second-order valence-corrected chi connectivity index (χ2v) is 5.84. The number of likely N-dealkylation sites (tertiary alicyclic amines) is 1. The zero-order chi connectivity index (χ0) is 14.5. The van der Waals surface area contributed by atoms with Gasteiger partial charge in [-0.05, 0) is 38.2 Å². The molecule has 4 heteroatoms. The average molecular weight is 275 g/mol. The van der Waals surface area contributed by atoms with Crippen molar-refractivity contribution in [3.63, 3.8) is 0 Å². The van der Waals surface area contributed by atoms with Crippen LogP contribution in [0.15, 0.2) is 18.5 Å². The predicted molar refractivity (Wildman–Crippen MR) is 81.9 cm³/mol. The predicted octanol–water partition coefficient (Wildman–Crippen LogP) is 3.16. The topological polar surface area (TPSA) is 45.2 Å². The van der Waals surface area contributed by atoms with Crippen LogP contribution in [-0.4, -0.2) is 34.9 Å². The van der Waals surface area contributed by atoms with E-state index >= 15 is 0 Å². The minimum Gasteiger partial charge on any atom is -0.384 e. The van der Waals surface area contributed by atoms with Crippen molar-refractivity contribution in [1.29, 1.82) is 0 Å². The van der Waals surface area contributed by atoms with E-state index in [0.29, 0.717) is 17.5 Å². The highest BCUT2D eigenvalue weighted by Crippen LogP contribution is 2.25. The van der Waals surface area contributed by atoms with Gasteiger partial charge in [-0.25, -0.2) is 0 Å². The minimum absolute atomic E-state index is 0.107. The molecule has 20 heavy (non-hydrogen) atoms. The van der Waals surface area contributed by atoms with E-state index < -0.39 is 0 Å². The van der Waals surface area contributed by atoms with Gasteiger partial charge in [-0.2, -0.15) is 0 Å². The van der Waals surface area contributed by atoms with Crippen molar-refractivity contribution in [1.82, 2.24) is 9.88 Å². The maximum Gasteiger partial charge on any atom is 0.257 e. The summed E-state index contributed by atoms with van der Waals surface area (Å²) in [7, 11) is 0. The standard InChI is InChI=1S/C16H25N3O/c1-4-8-18-15-7-9-17-10-14(15)16(20)19-11-12(2)5-6-13(19)3/h7,9-10,12-13H,4-6,8,11H2,1-3H3,(H,17,18). The fourth-order valence-corrected chi connectivity index (χ4v) is 2.71. The van der Waals surface area contributed by atoms with Gasteiger partial charge < -0.3 is 10.2 Å². The number of hydrogen-bond donors (Lipinski definition) is 1. The molecule has 0 spiro atoms. The van der Waals surface area contributed by atoms with Gasteiger partial charge in [0, 0.05) is 31.5 Å². The van der Waals surface area contributed by atoms with E-state index in [9.17, 15) is 4.79 Å². The fourth-order valence-electron chi connectivity index (χ4n) is 2.71. The number of piperidine rings is 1. The highest BCUT2D eigenvalue weighted by molar-refractivity contribution is 5.99. The van der Waals surface area contributed by atoms with Crippen molar-refractivity contribution in [2.24, 2.45) is 5.92 Å². The molecular weight excluding hydrogens is 250 g/mol. The van der Waals surface area contributed by atoms with E-state index in [2.05, 4.69) is 31.1 Å². The molecule has 0 saturated carbocycles. The lowest BCUT2D eigenvalue weighted by atomic mass is 9.94. The first kappa shape index (κ1) is 14.8. The summed E-state index contributed by atoms with van der Waals surface area (Å²) in [6.07, 6.45) is 6.75. The Bertz CT molecular complexity index is 461. The van der Waals surface area contributed by atoms with Crippen LogP contribution in [0.5, 0.6) is 0 Å². The van der Waals surface area contributed by atoms with Crippen molar-refractivity contribution in [2.45, 2.75) is 46.1 Å². The summed E-state index contributed by atoms with van der Waals surface area (Å²) in [5.41, 5.74) is 1.60. The number of nitrogens with zero attached hydrogens (tertiary/aromatic N) is 2. The first-order chi connectivity index (χ1) is 9.63. The molecule has 2 unspecified atom stereocenters. The Kier molecular flexibility index (Phi) is 4.99. The lowest BCUT2D eigenvalue weighted by Crippen LogP contribution is -2.45. The number of hydrogen-bond acceptors (Lipinski definition) is 3. The summed E-state index contributed by atoms with van der Waals surface area (Å²) < 4.78 is 0. The van der Waals surface area contributed by atoms with Gasteiger partial charge in [0.2, 0.25) is 0 Å². The molecule has 1 fully saturated rings. The molecule has 0 radical (unpaired) electrons. The van der Waals surface area contributed by atoms with Gasteiger partial charge in [0.1, 0.15) is 0 Å². The van der Waals surface area contributed by atoms with Crippen LogP contribution in [0.4, 0.5) is 5.69 Å². The van der Waals surface area contributed by atoms with Crippen LogP contribution < -0.4 is 5.32 Å². The highest BCUT2D eigenvalue weighted by atomic mass is 16.2. The Labute approximate surface area is 121 Å².